The summed E-state index contributed by atoms with van der Waals surface area (Å²) in [5, 5.41) is 12.0. The number of rotatable bonds is 4. The zero-order valence-electron chi connectivity index (χ0n) is 10.3. The predicted octanol–water partition coefficient (Wildman–Crippen LogP) is 2.50. The van der Waals surface area contributed by atoms with Gasteiger partial charge in [0, 0.05) is 12.1 Å². The third-order valence-corrected chi connectivity index (χ3v) is 2.70. The van der Waals surface area contributed by atoms with E-state index < -0.39 is 5.82 Å². The molecule has 2 aromatic carbocycles. The number of phenolic OH excluding ortho intramolecular Hbond substituents is 1. The summed E-state index contributed by atoms with van der Waals surface area (Å²) in [7, 11) is 0. The van der Waals surface area contributed by atoms with Crippen LogP contribution in [0.5, 0.6) is 5.75 Å². The van der Waals surface area contributed by atoms with E-state index in [0.29, 0.717) is 18.5 Å². The van der Waals surface area contributed by atoms with Crippen molar-refractivity contribution >= 4 is 5.91 Å². The van der Waals surface area contributed by atoms with Gasteiger partial charge in [0.05, 0.1) is 0 Å². The Hall–Kier alpha value is -2.36. The Morgan fingerprint density at radius 2 is 1.95 bits per heavy atom. The molecule has 0 saturated heterocycles. The molecule has 0 radical (unpaired) electrons. The monoisotopic (exact) mass is 259 g/mol. The van der Waals surface area contributed by atoms with Crippen molar-refractivity contribution in [3.05, 3.63) is 65.5 Å². The van der Waals surface area contributed by atoms with Gasteiger partial charge in [-0.25, -0.2) is 4.39 Å². The maximum Gasteiger partial charge on any atom is 0.251 e. The van der Waals surface area contributed by atoms with Gasteiger partial charge in [0.1, 0.15) is 11.6 Å². The summed E-state index contributed by atoms with van der Waals surface area (Å²) in [6.07, 6.45) is 0.607. The van der Waals surface area contributed by atoms with Gasteiger partial charge in [-0.1, -0.05) is 18.2 Å². The molecule has 0 saturated carbocycles. The Morgan fingerprint density at radius 3 is 2.68 bits per heavy atom. The van der Waals surface area contributed by atoms with Crippen LogP contribution >= 0.6 is 0 Å². The standard InChI is InChI=1S/C15H14FNO2/c16-13-5-2-4-12(10-13)15(19)17-8-7-11-3-1-6-14(18)9-11/h1-6,9-10,18H,7-8H2,(H,17,19). The first-order chi connectivity index (χ1) is 9.15. The van der Waals surface area contributed by atoms with E-state index in [1.807, 2.05) is 6.07 Å². The molecule has 0 aliphatic carbocycles. The van der Waals surface area contributed by atoms with E-state index in [-0.39, 0.29) is 11.7 Å². The molecule has 3 nitrogen and oxygen atoms in total. The van der Waals surface area contributed by atoms with E-state index in [4.69, 9.17) is 0 Å². The highest BCUT2D eigenvalue weighted by Crippen LogP contribution is 2.11. The summed E-state index contributed by atoms with van der Waals surface area (Å²) in [5.74, 6) is -0.533. The zero-order chi connectivity index (χ0) is 13.7. The quantitative estimate of drug-likeness (QED) is 0.886. The van der Waals surface area contributed by atoms with Crippen molar-refractivity contribution in [2.24, 2.45) is 0 Å². The van der Waals surface area contributed by atoms with Crippen LogP contribution in [0.25, 0.3) is 0 Å². The Balaban J connectivity index is 1.87. The number of hydrogen-bond acceptors (Lipinski definition) is 2. The number of amides is 1. The van der Waals surface area contributed by atoms with E-state index >= 15 is 0 Å². The maximum atomic E-state index is 13.0. The van der Waals surface area contributed by atoms with E-state index in [1.54, 1.807) is 24.3 Å². The molecule has 0 fully saturated rings. The van der Waals surface area contributed by atoms with Crippen LogP contribution < -0.4 is 5.32 Å². The summed E-state index contributed by atoms with van der Waals surface area (Å²) >= 11 is 0. The summed E-state index contributed by atoms with van der Waals surface area (Å²) in [4.78, 5) is 11.7. The van der Waals surface area contributed by atoms with Crippen LogP contribution in [0.3, 0.4) is 0 Å². The summed E-state index contributed by atoms with van der Waals surface area (Å²) < 4.78 is 13.0. The first-order valence-corrected chi connectivity index (χ1v) is 5.97. The minimum absolute atomic E-state index is 0.203. The highest BCUT2D eigenvalue weighted by molar-refractivity contribution is 5.94. The Morgan fingerprint density at radius 1 is 1.16 bits per heavy atom. The number of hydrogen-bond donors (Lipinski definition) is 2. The molecule has 2 aromatic rings. The van der Waals surface area contributed by atoms with E-state index in [0.717, 1.165) is 5.56 Å². The smallest absolute Gasteiger partial charge is 0.251 e. The lowest BCUT2D eigenvalue weighted by molar-refractivity contribution is 0.0953. The summed E-state index contributed by atoms with van der Waals surface area (Å²) in [6, 6.07) is 12.4. The van der Waals surface area contributed by atoms with Gasteiger partial charge in [0.15, 0.2) is 0 Å². The van der Waals surface area contributed by atoms with Gasteiger partial charge in [-0.05, 0) is 42.3 Å². The minimum Gasteiger partial charge on any atom is -0.508 e. The fourth-order valence-electron chi connectivity index (χ4n) is 1.76. The Kier molecular flexibility index (Phi) is 4.13. The van der Waals surface area contributed by atoms with Crippen LogP contribution in [0.4, 0.5) is 4.39 Å². The second kappa shape index (κ2) is 6.00. The number of halogens is 1. The maximum absolute atomic E-state index is 13.0. The summed E-state index contributed by atoms with van der Waals surface area (Å²) in [6.45, 7) is 0.429. The highest BCUT2D eigenvalue weighted by Gasteiger charge is 2.05. The average molecular weight is 259 g/mol. The number of nitrogens with one attached hydrogen (secondary N) is 1. The fourth-order valence-corrected chi connectivity index (χ4v) is 1.76. The molecule has 0 bridgehead atoms. The molecule has 1 amide bonds. The molecule has 2 rings (SSSR count). The Labute approximate surface area is 110 Å². The van der Waals surface area contributed by atoms with E-state index in [1.165, 1.54) is 18.2 Å². The van der Waals surface area contributed by atoms with Gasteiger partial charge in [0.2, 0.25) is 0 Å². The number of carbonyl (C=O) groups is 1. The normalized spacial score (nSPS) is 10.2. The second-order valence-electron chi connectivity index (χ2n) is 4.19. The fraction of sp³-hybridized carbons (Fsp3) is 0.133. The molecule has 0 aliphatic rings. The lowest BCUT2D eigenvalue weighted by Gasteiger charge is -2.06. The largest absolute Gasteiger partial charge is 0.508 e. The molecular weight excluding hydrogens is 245 g/mol. The van der Waals surface area contributed by atoms with Crippen LogP contribution in [0.1, 0.15) is 15.9 Å². The Bertz CT molecular complexity index is 584. The third-order valence-electron chi connectivity index (χ3n) is 2.70. The number of benzene rings is 2. The van der Waals surface area contributed by atoms with Crippen molar-refractivity contribution in [3.63, 3.8) is 0 Å². The molecule has 0 unspecified atom stereocenters. The molecule has 0 spiro atoms. The van der Waals surface area contributed by atoms with Crippen LogP contribution in [0.2, 0.25) is 0 Å². The zero-order valence-corrected chi connectivity index (χ0v) is 10.3. The van der Waals surface area contributed by atoms with E-state index in [9.17, 15) is 14.3 Å². The lowest BCUT2D eigenvalue weighted by Crippen LogP contribution is -2.25. The van der Waals surface area contributed by atoms with Crippen LogP contribution in [-0.4, -0.2) is 17.6 Å². The topological polar surface area (TPSA) is 49.3 Å². The van der Waals surface area contributed by atoms with Gasteiger partial charge >= 0.3 is 0 Å². The number of aromatic hydroxyl groups is 1. The van der Waals surface area contributed by atoms with Crippen LogP contribution in [0.15, 0.2) is 48.5 Å². The number of phenols is 1. The average Bonchev–Trinajstić information content (AvgIpc) is 2.38. The molecule has 2 N–H and O–H groups in total. The van der Waals surface area contributed by atoms with Gasteiger partial charge in [0.25, 0.3) is 5.91 Å². The van der Waals surface area contributed by atoms with Gasteiger partial charge < -0.3 is 10.4 Å². The van der Waals surface area contributed by atoms with Crippen LogP contribution in [0, 0.1) is 5.82 Å². The number of carbonyl (C=O) groups excluding carboxylic acids is 1. The molecule has 0 atom stereocenters. The first-order valence-electron chi connectivity index (χ1n) is 5.97. The van der Waals surface area contributed by atoms with Gasteiger partial charge in [-0.2, -0.15) is 0 Å². The molecule has 0 heterocycles. The third kappa shape index (κ3) is 3.81. The minimum atomic E-state index is -0.430. The van der Waals surface area contributed by atoms with Crippen LogP contribution in [-0.2, 0) is 6.42 Å². The lowest BCUT2D eigenvalue weighted by atomic mass is 10.1. The molecule has 19 heavy (non-hydrogen) atoms. The molecule has 0 aromatic heterocycles. The van der Waals surface area contributed by atoms with Crippen molar-refractivity contribution in [1.29, 1.82) is 0 Å². The van der Waals surface area contributed by atoms with Gasteiger partial charge in [-0.15, -0.1) is 0 Å². The second-order valence-corrected chi connectivity index (χ2v) is 4.19. The van der Waals surface area contributed by atoms with Crippen molar-refractivity contribution in [1.82, 2.24) is 5.32 Å². The predicted molar refractivity (Wildman–Crippen MR) is 70.5 cm³/mol. The van der Waals surface area contributed by atoms with Crippen molar-refractivity contribution in [2.45, 2.75) is 6.42 Å². The van der Waals surface area contributed by atoms with Crippen molar-refractivity contribution < 1.29 is 14.3 Å². The van der Waals surface area contributed by atoms with Crippen molar-refractivity contribution in [2.75, 3.05) is 6.54 Å². The molecule has 4 heteroatoms. The first kappa shape index (κ1) is 13.1. The molecule has 0 aliphatic heterocycles. The molecular formula is C15H14FNO2. The van der Waals surface area contributed by atoms with Crippen molar-refractivity contribution in [3.8, 4) is 5.75 Å². The SMILES string of the molecule is O=C(NCCc1cccc(O)c1)c1cccc(F)c1. The van der Waals surface area contributed by atoms with Gasteiger partial charge in [-0.3, -0.25) is 4.79 Å². The van der Waals surface area contributed by atoms with E-state index in [2.05, 4.69) is 5.32 Å². The summed E-state index contributed by atoms with van der Waals surface area (Å²) in [5.41, 5.74) is 1.23. The molecule has 98 valence electrons. The highest BCUT2D eigenvalue weighted by atomic mass is 19.1.